The van der Waals surface area contributed by atoms with E-state index < -0.39 is 10.0 Å². The van der Waals surface area contributed by atoms with Crippen molar-refractivity contribution in [3.63, 3.8) is 0 Å². The second-order valence-electron chi connectivity index (χ2n) is 5.48. The molecule has 136 valence electrons. The van der Waals surface area contributed by atoms with E-state index >= 15 is 0 Å². The minimum absolute atomic E-state index is 0. The van der Waals surface area contributed by atoms with Crippen LogP contribution in [0.2, 0.25) is 0 Å². The average Bonchev–Trinajstić information content (AvgIpc) is 2.48. The predicted octanol–water partition coefficient (Wildman–Crippen LogP) is -0.00340. The zero-order valence-electron chi connectivity index (χ0n) is 13.6. The monoisotopic (exact) mass is 378 g/mol. The van der Waals surface area contributed by atoms with Crippen LogP contribution in [-0.2, 0) is 14.8 Å². The van der Waals surface area contributed by atoms with Gasteiger partial charge < -0.3 is 15.4 Å². The Bertz CT molecular complexity index is 683. The van der Waals surface area contributed by atoms with Crippen LogP contribution in [0.5, 0.6) is 5.75 Å². The van der Waals surface area contributed by atoms with E-state index in [0.29, 0.717) is 5.75 Å². The van der Waals surface area contributed by atoms with Crippen LogP contribution in [0.25, 0.3) is 0 Å². The third-order valence-electron chi connectivity index (χ3n) is 3.76. The van der Waals surface area contributed by atoms with Gasteiger partial charge in [0.05, 0.1) is 24.2 Å². The fourth-order valence-corrected chi connectivity index (χ4v) is 2.99. The van der Waals surface area contributed by atoms with Crippen LogP contribution in [0.15, 0.2) is 23.1 Å². The summed E-state index contributed by atoms with van der Waals surface area (Å²) in [6, 6.07) is 4.35. The highest BCUT2D eigenvalue weighted by Crippen LogP contribution is 2.27. The first kappa shape index (κ1) is 20.7. The fourth-order valence-electron chi connectivity index (χ4n) is 2.45. The van der Waals surface area contributed by atoms with Crippen LogP contribution in [0.4, 0.5) is 5.69 Å². The van der Waals surface area contributed by atoms with Crippen LogP contribution in [0, 0.1) is 0 Å². The largest absolute Gasteiger partial charge is 0.495 e. The van der Waals surface area contributed by atoms with E-state index in [1.54, 1.807) is 0 Å². The highest BCUT2D eigenvalue weighted by atomic mass is 35.5. The second kappa shape index (κ2) is 8.63. The third kappa shape index (κ3) is 5.32. The summed E-state index contributed by atoms with van der Waals surface area (Å²) >= 11 is 0. The van der Waals surface area contributed by atoms with Crippen molar-refractivity contribution in [3.8, 4) is 5.75 Å². The van der Waals surface area contributed by atoms with E-state index in [2.05, 4.69) is 15.5 Å². The van der Waals surface area contributed by atoms with Crippen molar-refractivity contribution in [3.05, 3.63) is 18.2 Å². The summed E-state index contributed by atoms with van der Waals surface area (Å²) < 4.78 is 28.0. The van der Waals surface area contributed by atoms with E-state index in [9.17, 15) is 13.2 Å². The van der Waals surface area contributed by atoms with Gasteiger partial charge in [0.2, 0.25) is 15.9 Å². The normalized spacial score (nSPS) is 18.5. The quantitative estimate of drug-likeness (QED) is 0.664. The van der Waals surface area contributed by atoms with Crippen molar-refractivity contribution in [2.24, 2.45) is 5.14 Å². The number of carbonyl (C=O) groups excluding carboxylic acids is 1. The number of nitrogens with one attached hydrogen (secondary N) is 2. The van der Waals surface area contributed by atoms with Crippen LogP contribution < -0.4 is 20.5 Å². The molecule has 0 bridgehead atoms. The summed E-state index contributed by atoms with van der Waals surface area (Å²) in [4.78, 5) is 14.2. The molecule has 4 N–H and O–H groups in total. The maximum atomic E-state index is 12.2. The number of hydrogen-bond donors (Lipinski definition) is 3. The van der Waals surface area contributed by atoms with Crippen molar-refractivity contribution in [1.82, 2.24) is 10.2 Å². The van der Waals surface area contributed by atoms with Crippen molar-refractivity contribution < 1.29 is 17.9 Å². The number of nitrogens with two attached hydrogens (primary N) is 1. The molecule has 24 heavy (non-hydrogen) atoms. The van der Waals surface area contributed by atoms with Gasteiger partial charge in [-0.3, -0.25) is 9.69 Å². The van der Waals surface area contributed by atoms with Gasteiger partial charge in [0.25, 0.3) is 0 Å². The number of carbonyl (C=O) groups is 1. The number of amides is 1. The lowest BCUT2D eigenvalue weighted by atomic mass is 10.2. The number of methoxy groups -OCH3 is 1. The molecule has 0 aliphatic carbocycles. The molecule has 0 radical (unpaired) electrons. The zero-order chi connectivity index (χ0) is 17.0. The van der Waals surface area contributed by atoms with Crippen LogP contribution in [-0.4, -0.2) is 58.6 Å². The van der Waals surface area contributed by atoms with Gasteiger partial charge in [-0.15, -0.1) is 12.4 Å². The zero-order valence-corrected chi connectivity index (χ0v) is 15.2. The maximum absolute atomic E-state index is 12.2. The first-order valence-corrected chi connectivity index (χ1v) is 8.81. The lowest BCUT2D eigenvalue weighted by molar-refractivity contribution is -0.118. The summed E-state index contributed by atoms with van der Waals surface area (Å²) in [7, 11) is -2.40. The number of rotatable bonds is 5. The topological polar surface area (TPSA) is 114 Å². The number of ether oxygens (including phenoxy) is 1. The number of anilines is 1. The van der Waals surface area contributed by atoms with Gasteiger partial charge in [-0.2, -0.15) is 0 Å². The maximum Gasteiger partial charge on any atom is 0.238 e. The molecular formula is C14H23ClN4O4S. The minimum atomic E-state index is -3.85. The number of halogens is 1. The molecule has 0 spiro atoms. The number of sulfonamides is 1. The molecule has 0 aromatic heterocycles. The molecule has 8 nitrogen and oxygen atoms in total. The van der Waals surface area contributed by atoms with Crippen molar-refractivity contribution in [1.29, 1.82) is 0 Å². The standard InChI is InChI=1S/C14H22N4O4S.ClH/c1-10-8-16-5-6-18(10)9-14(19)17-12-7-11(23(15,20)21)3-4-13(12)22-2;/h3-4,7,10,16H,5-6,8-9H2,1-2H3,(H,17,19)(H2,15,20,21);1H/t10-;/m1./s1. The van der Waals surface area contributed by atoms with Gasteiger partial charge in [-0.25, -0.2) is 13.6 Å². The highest BCUT2D eigenvalue weighted by Gasteiger charge is 2.21. The summed E-state index contributed by atoms with van der Waals surface area (Å²) in [6.45, 7) is 4.72. The molecule has 1 aromatic carbocycles. The number of hydrogen-bond acceptors (Lipinski definition) is 6. The van der Waals surface area contributed by atoms with Crippen LogP contribution in [0.3, 0.4) is 0 Å². The Balaban J connectivity index is 0.00000288. The first-order chi connectivity index (χ1) is 10.8. The predicted molar refractivity (Wildman–Crippen MR) is 94.1 cm³/mol. The van der Waals surface area contributed by atoms with E-state index in [-0.39, 0.29) is 41.5 Å². The molecule has 10 heteroatoms. The van der Waals surface area contributed by atoms with Crippen LogP contribution in [0.1, 0.15) is 6.92 Å². The van der Waals surface area contributed by atoms with Gasteiger partial charge in [0.1, 0.15) is 5.75 Å². The second-order valence-corrected chi connectivity index (χ2v) is 7.04. The molecular weight excluding hydrogens is 356 g/mol. The third-order valence-corrected chi connectivity index (χ3v) is 4.67. The number of primary sulfonamides is 1. The van der Waals surface area contributed by atoms with Gasteiger partial charge in [-0.05, 0) is 25.1 Å². The van der Waals surface area contributed by atoms with Gasteiger partial charge in [0, 0.05) is 25.7 Å². The fraction of sp³-hybridized carbons (Fsp3) is 0.500. The van der Waals surface area contributed by atoms with E-state index in [1.165, 1.54) is 25.3 Å². The number of nitrogens with zero attached hydrogens (tertiary/aromatic N) is 1. The highest BCUT2D eigenvalue weighted by molar-refractivity contribution is 7.89. The molecule has 1 saturated heterocycles. The van der Waals surface area contributed by atoms with E-state index in [4.69, 9.17) is 9.88 Å². The van der Waals surface area contributed by atoms with E-state index in [1.807, 2.05) is 6.92 Å². The SMILES string of the molecule is COc1ccc(S(N)(=O)=O)cc1NC(=O)CN1CCNC[C@H]1C.Cl. The number of piperazine rings is 1. The summed E-state index contributed by atoms with van der Waals surface area (Å²) in [6.07, 6.45) is 0. The summed E-state index contributed by atoms with van der Waals surface area (Å²) in [5.74, 6) is 0.141. The Hall–Kier alpha value is -1.39. The van der Waals surface area contributed by atoms with Crippen molar-refractivity contribution >= 4 is 34.0 Å². The summed E-state index contributed by atoms with van der Waals surface area (Å²) in [5.41, 5.74) is 0.284. The molecule has 1 amide bonds. The van der Waals surface area contributed by atoms with E-state index in [0.717, 1.165) is 19.6 Å². The minimum Gasteiger partial charge on any atom is -0.495 e. The molecule has 1 heterocycles. The molecule has 1 atom stereocenters. The van der Waals surface area contributed by atoms with Crippen molar-refractivity contribution in [2.45, 2.75) is 17.9 Å². The van der Waals surface area contributed by atoms with Gasteiger partial charge in [0.15, 0.2) is 0 Å². The lowest BCUT2D eigenvalue weighted by Gasteiger charge is -2.33. The van der Waals surface area contributed by atoms with Crippen LogP contribution >= 0.6 is 12.4 Å². The molecule has 2 rings (SSSR count). The molecule has 1 fully saturated rings. The summed E-state index contributed by atoms with van der Waals surface area (Å²) in [5, 5.41) is 11.1. The first-order valence-electron chi connectivity index (χ1n) is 7.26. The van der Waals surface area contributed by atoms with Gasteiger partial charge in [-0.1, -0.05) is 0 Å². The molecule has 1 aliphatic rings. The Morgan fingerprint density at radius 3 is 2.79 bits per heavy atom. The molecule has 1 aliphatic heterocycles. The molecule has 0 saturated carbocycles. The smallest absolute Gasteiger partial charge is 0.238 e. The Morgan fingerprint density at radius 2 is 2.21 bits per heavy atom. The Kier molecular flexibility index (Phi) is 7.43. The average molecular weight is 379 g/mol. The lowest BCUT2D eigenvalue weighted by Crippen LogP contribution is -2.52. The Labute approximate surface area is 148 Å². The number of benzene rings is 1. The van der Waals surface area contributed by atoms with Crippen molar-refractivity contribution in [2.75, 3.05) is 38.6 Å². The van der Waals surface area contributed by atoms with Gasteiger partial charge >= 0.3 is 0 Å². The molecule has 1 aromatic rings. The Morgan fingerprint density at radius 1 is 1.50 bits per heavy atom. The molecule has 0 unspecified atom stereocenters.